The molecule has 0 saturated heterocycles. The van der Waals surface area contributed by atoms with Crippen molar-refractivity contribution < 1.29 is 9.59 Å². The molecule has 0 amide bonds. The van der Waals surface area contributed by atoms with Crippen LogP contribution >= 0.6 is 63.7 Å². The number of carbonyl (C=O) groups is 2. The summed E-state index contributed by atoms with van der Waals surface area (Å²) in [6, 6.07) is 0. The van der Waals surface area contributed by atoms with Gasteiger partial charge in [-0.1, -0.05) is 0 Å². The second-order valence-electron chi connectivity index (χ2n) is 3.12. The first-order valence-electron chi connectivity index (χ1n) is 4.16. The third-order valence-corrected chi connectivity index (χ3v) is 6.74. The number of carbonyl (C=O) groups excluding carboxylic acids is 2. The van der Waals surface area contributed by atoms with Crippen molar-refractivity contribution in [3.63, 3.8) is 0 Å². The SMILES string of the molecule is CC(=O)c1c(Br)c(Br)c(Br)c(Br)c1C(C)=O. The molecule has 0 aliphatic carbocycles. The van der Waals surface area contributed by atoms with E-state index in [1.54, 1.807) is 0 Å². The zero-order chi connectivity index (χ0) is 12.6. The predicted molar refractivity (Wildman–Crippen MR) is 77.3 cm³/mol. The number of hydrogen-bond acceptors (Lipinski definition) is 2. The Labute approximate surface area is 127 Å². The van der Waals surface area contributed by atoms with E-state index in [1.165, 1.54) is 13.8 Å². The highest BCUT2D eigenvalue weighted by atomic mass is 79.9. The zero-order valence-electron chi connectivity index (χ0n) is 8.33. The Bertz CT molecular complexity index is 449. The van der Waals surface area contributed by atoms with E-state index in [0.717, 1.165) is 0 Å². The molecule has 0 fully saturated rings. The first-order chi connectivity index (χ1) is 7.29. The van der Waals surface area contributed by atoms with E-state index in [-0.39, 0.29) is 11.6 Å². The van der Waals surface area contributed by atoms with Gasteiger partial charge in [-0.2, -0.15) is 0 Å². The van der Waals surface area contributed by atoms with Gasteiger partial charge in [0.05, 0.1) is 0 Å². The normalized spacial score (nSPS) is 10.4. The van der Waals surface area contributed by atoms with E-state index < -0.39 is 0 Å². The zero-order valence-corrected chi connectivity index (χ0v) is 14.7. The second-order valence-corrected chi connectivity index (χ2v) is 6.29. The Morgan fingerprint density at radius 1 is 0.688 bits per heavy atom. The van der Waals surface area contributed by atoms with Crippen molar-refractivity contribution in [2.75, 3.05) is 0 Å². The van der Waals surface area contributed by atoms with Crippen LogP contribution in [0.15, 0.2) is 17.9 Å². The molecule has 0 N–H and O–H groups in total. The molecular weight excluding hydrogens is 472 g/mol. The van der Waals surface area contributed by atoms with Gasteiger partial charge in [-0.25, -0.2) is 0 Å². The average molecular weight is 478 g/mol. The van der Waals surface area contributed by atoms with Crippen LogP contribution in [0.5, 0.6) is 0 Å². The van der Waals surface area contributed by atoms with Crippen molar-refractivity contribution in [2.45, 2.75) is 13.8 Å². The molecule has 0 radical (unpaired) electrons. The maximum atomic E-state index is 11.6. The van der Waals surface area contributed by atoms with Gasteiger partial charge in [0, 0.05) is 29.0 Å². The summed E-state index contributed by atoms with van der Waals surface area (Å²) < 4.78 is 2.57. The fourth-order valence-corrected chi connectivity index (χ4v) is 3.97. The minimum atomic E-state index is -0.161. The summed E-state index contributed by atoms with van der Waals surface area (Å²) in [5.74, 6) is -0.322. The van der Waals surface area contributed by atoms with E-state index in [4.69, 9.17) is 0 Å². The molecule has 0 spiro atoms. The van der Waals surface area contributed by atoms with Gasteiger partial charge in [-0.15, -0.1) is 0 Å². The molecule has 86 valence electrons. The molecule has 0 unspecified atom stereocenters. The number of rotatable bonds is 2. The van der Waals surface area contributed by atoms with Crippen LogP contribution in [0.1, 0.15) is 34.6 Å². The highest BCUT2D eigenvalue weighted by Gasteiger charge is 2.23. The lowest BCUT2D eigenvalue weighted by Crippen LogP contribution is -2.07. The van der Waals surface area contributed by atoms with Crippen LogP contribution < -0.4 is 0 Å². The predicted octanol–water partition coefficient (Wildman–Crippen LogP) is 5.14. The third kappa shape index (κ3) is 2.49. The summed E-state index contributed by atoms with van der Waals surface area (Å²) in [5, 5.41) is 0. The maximum absolute atomic E-state index is 11.6. The Balaban J connectivity index is 3.83. The summed E-state index contributed by atoms with van der Waals surface area (Å²) >= 11 is 13.3. The standard InChI is InChI=1S/C10H6Br4O2/c1-3(15)5-6(4(2)16)8(12)10(14)9(13)7(5)11/h1-2H3. The Morgan fingerprint density at radius 2 is 0.938 bits per heavy atom. The number of ketones is 2. The average Bonchev–Trinajstić information content (AvgIpc) is 2.18. The van der Waals surface area contributed by atoms with E-state index in [0.29, 0.717) is 29.0 Å². The molecule has 1 aromatic carbocycles. The van der Waals surface area contributed by atoms with Gasteiger partial charge < -0.3 is 0 Å². The molecular formula is C10H6Br4O2. The summed E-state index contributed by atoms with van der Waals surface area (Å²) in [6.45, 7) is 2.86. The van der Waals surface area contributed by atoms with Gasteiger partial charge in [-0.3, -0.25) is 9.59 Å². The largest absolute Gasteiger partial charge is 0.294 e. The number of halogens is 4. The minimum Gasteiger partial charge on any atom is -0.294 e. The van der Waals surface area contributed by atoms with E-state index in [9.17, 15) is 9.59 Å². The summed E-state index contributed by atoms with van der Waals surface area (Å²) in [7, 11) is 0. The molecule has 1 aromatic rings. The fourth-order valence-electron chi connectivity index (χ4n) is 1.29. The second kappa shape index (κ2) is 5.42. The van der Waals surface area contributed by atoms with E-state index in [1.807, 2.05) is 0 Å². The van der Waals surface area contributed by atoms with Crippen molar-refractivity contribution >= 4 is 75.3 Å². The molecule has 0 aliphatic heterocycles. The van der Waals surface area contributed by atoms with Crippen LogP contribution in [0.2, 0.25) is 0 Å². The summed E-state index contributed by atoms with van der Waals surface area (Å²) in [4.78, 5) is 23.1. The lowest BCUT2D eigenvalue weighted by Gasteiger charge is -2.13. The van der Waals surface area contributed by atoms with Crippen LogP contribution in [-0.2, 0) is 0 Å². The van der Waals surface area contributed by atoms with Gasteiger partial charge in [0.25, 0.3) is 0 Å². The molecule has 16 heavy (non-hydrogen) atoms. The first kappa shape index (κ1) is 14.5. The van der Waals surface area contributed by atoms with Crippen molar-refractivity contribution in [3.8, 4) is 0 Å². The Morgan fingerprint density at radius 3 is 1.12 bits per heavy atom. The maximum Gasteiger partial charge on any atom is 0.161 e. The third-order valence-electron chi connectivity index (χ3n) is 1.97. The lowest BCUT2D eigenvalue weighted by molar-refractivity contribution is 0.0979. The topological polar surface area (TPSA) is 34.1 Å². The van der Waals surface area contributed by atoms with Crippen molar-refractivity contribution in [3.05, 3.63) is 29.0 Å². The molecule has 0 saturated carbocycles. The van der Waals surface area contributed by atoms with Crippen LogP contribution in [0.25, 0.3) is 0 Å². The highest BCUT2D eigenvalue weighted by molar-refractivity contribution is 9.15. The van der Waals surface area contributed by atoms with Gasteiger partial charge in [0.2, 0.25) is 0 Å². The number of hydrogen-bond donors (Lipinski definition) is 0. The smallest absolute Gasteiger partial charge is 0.161 e. The number of Topliss-reactive ketones (excluding diaryl/α,β-unsaturated/α-hetero) is 2. The molecule has 0 bridgehead atoms. The van der Waals surface area contributed by atoms with Crippen molar-refractivity contribution in [1.82, 2.24) is 0 Å². The van der Waals surface area contributed by atoms with Gasteiger partial charge in [0.15, 0.2) is 11.6 Å². The molecule has 6 heteroatoms. The van der Waals surface area contributed by atoms with Crippen LogP contribution in [0.4, 0.5) is 0 Å². The fraction of sp³-hybridized carbons (Fsp3) is 0.200. The Hall–Kier alpha value is 0.480. The van der Waals surface area contributed by atoms with Crippen LogP contribution in [0.3, 0.4) is 0 Å². The molecule has 0 heterocycles. The van der Waals surface area contributed by atoms with Gasteiger partial charge in [0.1, 0.15) is 0 Å². The highest BCUT2D eigenvalue weighted by Crippen LogP contribution is 2.42. The first-order valence-corrected chi connectivity index (χ1v) is 7.34. The lowest BCUT2D eigenvalue weighted by atomic mass is 10.0. The van der Waals surface area contributed by atoms with Gasteiger partial charge in [-0.05, 0) is 77.6 Å². The van der Waals surface area contributed by atoms with Gasteiger partial charge >= 0.3 is 0 Å². The minimum absolute atomic E-state index is 0.161. The molecule has 1 rings (SSSR count). The molecule has 0 atom stereocenters. The van der Waals surface area contributed by atoms with Crippen molar-refractivity contribution in [2.24, 2.45) is 0 Å². The molecule has 0 aromatic heterocycles. The molecule has 0 aliphatic rings. The van der Waals surface area contributed by atoms with Crippen molar-refractivity contribution in [1.29, 1.82) is 0 Å². The Kier molecular flexibility index (Phi) is 4.92. The number of benzene rings is 1. The van der Waals surface area contributed by atoms with E-state index in [2.05, 4.69) is 63.7 Å². The summed E-state index contributed by atoms with van der Waals surface area (Å²) in [6.07, 6.45) is 0. The summed E-state index contributed by atoms with van der Waals surface area (Å²) in [5.41, 5.74) is 0.768. The monoisotopic (exact) mass is 474 g/mol. The van der Waals surface area contributed by atoms with Crippen LogP contribution in [0, 0.1) is 0 Å². The van der Waals surface area contributed by atoms with Crippen LogP contribution in [-0.4, -0.2) is 11.6 Å². The quantitative estimate of drug-likeness (QED) is 0.336. The molecule has 2 nitrogen and oxygen atoms in total. The van der Waals surface area contributed by atoms with E-state index >= 15 is 0 Å².